The molecule has 1 aliphatic rings. The van der Waals surface area contributed by atoms with Crippen LogP contribution in [0.5, 0.6) is 0 Å². The molecule has 1 fully saturated rings. The van der Waals surface area contributed by atoms with Crippen LogP contribution in [0.4, 0.5) is 0 Å². The Labute approximate surface area is 104 Å². The van der Waals surface area contributed by atoms with Crippen molar-refractivity contribution in [2.45, 2.75) is 30.7 Å². The summed E-state index contributed by atoms with van der Waals surface area (Å²) in [6, 6.07) is 1.43. The SMILES string of the molecule is CC1CC(NC(=O)c2cc(S(=O)(=O)Cl)c[nH]2)C1. The first-order valence-corrected chi connectivity index (χ1v) is 7.61. The van der Waals surface area contributed by atoms with Gasteiger partial charge in [-0.1, -0.05) is 6.92 Å². The second-order valence-corrected chi connectivity index (χ2v) is 7.00. The second kappa shape index (κ2) is 4.34. The van der Waals surface area contributed by atoms with Crippen LogP contribution in [0, 0.1) is 5.92 Å². The van der Waals surface area contributed by atoms with Gasteiger partial charge in [0, 0.05) is 22.9 Å². The van der Waals surface area contributed by atoms with E-state index in [0.29, 0.717) is 5.92 Å². The molecule has 0 aromatic carbocycles. The minimum absolute atomic E-state index is 0.0914. The Balaban J connectivity index is 2.03. The van der Waals surface area contributed by atoms with E-state index < -0.39 is 9.05 Å². The maximum absolute atomic E-state index is 11.7. The second-order valence-electron chi connectivity index (χ2n) is 4.43. The molecule has 1 heterocycles. The average Bonchev–Trinajstić information content (AvgIpc) is 2.63. The molecule has 0 aliphatic heterocycles. The van der Waals surface area contributed by atoms with E-state index in [9.17, 15) is 13.2 Å². The summed E-state index contributed by atoms with van der Waals surface area (Å²) in [6.45, 7) is 2.12. The fraction of sp³-hybridized carbons (Fsp3) is 0.500. The highest BCUT2D eigenvalue weighted by molar-refractivity contribution is 8.13. The number of carbonyl (C=O) groups excluding carboxylic acids is 1. The summed E-state index contributed by atoms with van der Waals surface area (Å²) < 4.78 is 22.0. The van der Waals surface area contributed by atoms with E-state index in [-0.39, 0.29) is 22.5 Å². The lowest BCUT2D eigenvalue weighted by Crippen LogP contribution is -2.43. The number of hydrogen-bond acceptors (Lipinski definition) is 3. The molecule has 94 valence electrons. The van der Waals surface area contributed by atoms with Crippen molar-refractivity contribution in [3.8, 4) is 0 Å². The first-order valence-electron chi connectivity index (χ1n) is 5.30. The maximum atomic E-state index is 11.7. The van der Waals surface area contributed by atoms with Gasteiger partial charge in [0.05, 0.1) is 0 Å². The number of nitrogens with one attached hydrogen (secondary N) is 2. The lowest BCUT2D eigenvalue weighted by atomic mass is 9.82. The zero-order valence-electron chi connectivity index (χ0n) is 9.23. The van der Waals surface area contributed by atoms with Crippen LogP contribution in [-0.2, 0) is 9.05 Å². The number of halogens is 1. The summed E-state index contributed by atoms with van der Waals surface area (Å²) in [5.74, 6) is 0.344. The van der Waals surface area contributed by atoms with Crippen molar-refractivity contribution in [1.29, 1.82) is 0 Å². The fourth-order valence-electron chi connectivity index (χ4n) is 1.93. The molecule has 0 atom stereocenters. The van der Waals surface area contributed by atoms with E-state index in [1.54, 1.807) is 0 Å². The maximum Gasteiger partial charge on any atom is 0.267 e. The van der Waals surface area contributed by atoms with E-state index >= 15 is 0 Å². The number of aromatic nitrogens is 1. The molecule has 0 unspecified atom stereocenters. The number of H-pyrrole nitrogens is 1. The monoisotopic (exact) mass is 276 g/mol. The van der Waals surface area contributed by atoms with Crippen LogP contribution in [0.3, 0.4) is 0 Å². The Hall–Kier alpha value is -1.01. The van der Waals surface area contributed by atoms with Gasteiger partial charge in [0.15, 0.2) is 0 Å². The van der Waals surface area contributed by atoms with Gasteiger partial charge in [-0.2, -0.15) is 0 Å². The number of aromatic amines is 1. The predicted octanol–water partition coefficient (Wildman–Crippen LogP) is 1.47. The van der Waals surface area contributed by atoms with Gasteiger partial charge in [0.2, 0.25) is 0 Å². The molecule has 0 bridgehead atoms. The van der Waals surface area contributed by atoms with E-state index in [4.69, 9.17) is 10.7 Å². The lowest BCUT2D eigenvalue weighted by Gasteiger charge is -2.33. The zero-order chi connectivity index (χ0) is 12.6. The van der Waals surface area contributed by atoms with Crippen molar-refractivity contribution in [3.63, 3.8) is 0 Å². The van der Waals surface area contributed by atoms with Gasteiger partial charge in [0.1, 0.15) is 10.6 Å². The summed E-state index contributed by atoms with van der Waals surface area (Å²) in [5.41, 5.74) is 0.212. The molecule has 1 saturated carbocycles. The van der Waals surface area contributed by atoms with Gasteiger partial charge in [-0.3, -0.25) is 4.79 Å². The van der Waals surface area contributed by atoms with Crippen LogP contribution in [0.2, 0.25) is 0 Å². The van der Waals surface area contributed by atoms with Crippen molar-refractivity contribution in [2.75, 3.05) is 0 Å². The lowest BCUT2D eigenvalue weighted by molar-refractivity contribution is 0.0891. The minimum Gasteiger partial charge on any atom is -0.356 e. The van der Waals surface area contributed by atoms with Crippen molar-refractivity contribution >= 4 is 25.6 Å². The Morgan fingerprint density at radius 1 is 1.53 bits per heavy atom. The van der Waals surface area contributed by atoms with Gasteiger partial charge in [-0.15, -0.1) is 0 Å². The standard InChI is InChI=1S/C10H13ClN2O3S/c1-6-2-7(3-6)13-10(14)9-4-8(5-12-9)17(11,15)16/h4-7,12H,2-3H2,1H3,(H,13,14). The molecular weight excluding hydrogens is 264 g/mol. The van der Waals surface area contributed by atoms with Crippen LogP contribution in [0.25, 0.3) is 0 Å². The largest absolute Gasteiger partial charge is 0.356 e. The highest BCUT2D eigenvalue weighted by Crippen LogP contribution is 2.26. The first-order chi connectivity index (χ1) is 7.86. The van der Waals surface area contributed by atoms with Gasteiger partial charge < -0.3 is 10.3 Å². The van der Waals surface area contributed by atoms with Crippen molar-refractivity contribution in [1.82, 2.24) is 10.3 Å². The van der Waals surface area contributed by atoms with Crippen molar-refractivity contribution in [2.24, 2.45) is 5.92 Å². The first kappa shape index (κ1) is 12.4. The Morgan fingerprint density at radius 2 is 2.18 bits per heavy atom. The molecule has 0 saturated heterocycles. The molecule has 7 heteroatoms. The zero-order valence-corrected chi connectivity index (χ0v) is 10.8. The number of rotatable bonds is 3. The van der Waals surface area contributed by atoms with E-state index in [2.05, 4.69) is 17.2 Å². The molecular formula is C10H13ClN2O3S. The third kappa shape index (κ3) is 2.81. The third-order valence-electron chi connectivity index (χ3n) is 2.89. The van der Waals surface area contributed by atoms with Gasteiger partial charge in [0.25, 0.3) is 15.0 Å². The Bertz CT molecular complexity index is 532. The van der Waals surface area contributed by atoms with Crippen LogP contribution < -0.4 is 5.32 Å². The van der Waals surface area contributed by atoms with E-state index in [0.717, 1.165) is 12.8 Å². The molecule has 5 nitrogen and oxygen atoms in total. The molecule has 0 spiro atoms. The minimum atomic E-state index is -3.78. The van der Waals surface area contributed by atoms with Gasteiger partial charge >= 0.3 is 0 Å². The summed E-state index contributed by atoms with van der Waals surface area (Å²) in [5, 5.41) is 2.82. The molecule has 17 heavy (non-hydrogen) atoms. The molecule has 1 aliphatic carbocycles. The number of hydrogen-bond donors (Lipinski definition) is 2. The summed E-state index contributed by atoms with van der Waals surface area (Å²) in [6.07, 6.45) is 3.14. The number of carbonyl (C=O) groups is 1. The summed E-state index contributed by atoms with van der Waals surface area (Å²) in [7, 11) is 1.38. The van der Waals surface area contributed by atoms with Crippen molar-refractivity contribution < 1.29 is 13.2 Å². The topological polar surface area (TPSA) is 79.0 Å². The van der Waals surface area contributed by atoms with Crippen molar-refractivity contribution in [3.05, 3.63) is 18.0 Å². The Morgan fingerprint density at radius 3 is 2.65 bits per heavy atom. The molecule has 0 radical (unpaired) electrons. The van der Waals surface area contributed by atoms with Gasteiger partial charge in [-0.05, 0) is 24.8 Å². The predicted molar refractivity (Wildman–Crippen MR) is 63.5 cm³/mol. The normalized spacial score (nSPS) is 24.1. The average molecular weight is 277 g/mol. The number of amides is 1. The highest BCUT2D eigenvalue weighted by atomic mass is 35.7. The van der Waals surface area contributed by atoms with E-state index in [1.165, 1.54) is 12.3 Å². The van der Waals surface area contributed by atoms with Gasteiger partial charge in [-0.25, -0.2) is 8.42 Å². The molecule has 2 rings (SSSR count). The van der Waals surface area contributed by atoms with Crippen LogP contribution in [-0.4, -0.2) is 25.4 Å². The molecule has 2 N–H and O–H groups in total. The fourth-order valence-corrected chi connectivity index (χ4v) is 2.66. The molecule has 1 amide bonds. The van der Waals surface area contributed by atoms with E-state index in [1.807, 2.05) is 0 Å². The summed E-state index contributed by atoms with van der Waals surface area (Å²) in [4.78, 5) is 14.2. The highest BCUT2D eigenvalue weighted by Gasteiger charge is 2.27. The quantitative estimate of drug-likeness (QED) is 0.821. The Kier molecular flexibility index (Phi) is 3.18. The van der Waals surface area contributed by atoms with Crippen LogP contribution in [0.1, 0.15) is 30.3 Å². The van der Waals surface area contributed by atoms with Crippen LogP contribution in [0.15, 0.2) is 17.2 Å². The summed E-state index contributed by atoms with van der Waals surface area (Å²) >= 11 is 0. The van der Waals surface area contributed by atoms with Crippen LogP contribution >= 0.6 is 10.7 Å². The molecule has 1 aromatic heterocycles. The smallest absolute Gasteiger partial charge is 0.267 e. The molecule has 1 aromatic rings. The third-order valence-corrected chi connectivity index (χ3v) is 4.22.